The molecule has 4 nitrogen and oxygen atoms in total. The summed E-state index contributed by atoms with van der Waals surface area (Å²) in [5.41, 5.74) is 1.73. The first-order valence-electron chi connectivity index (χ1n) is 8.27. The van der Waals surface area contributed by atoms with Crippen molar-refractivity contribution in [1.82, 2.24) is 10.1 Å². The van der Waals surface area contributed by atoms with Crippen LogP contribution in [0.2, 0.25) is 0 Å². The van der Waals surface area contributed by atoms with Crippen molar-refractivity contribution in [2.24, 2.45) is 0 Å². The summed E-state index contributed by atoms with van der Waals surface area (Å²) in [6.45, 7) is 1.49. The van der Waals surface area contributed by atoms with Crippen LogP contribution < -0.4 is 0 Å². The van der Waals surface area contributed by atoms with Crippen molar-refractivity contribution in [2.45, 2.75) is 11.7 Å². The fourth-order valence-electron chi connectivity index (χ4n) is 2.98. The Morgan fingerprint density at radius 2 is 2.04 bits per heavy atom. The maximum Gasteiger partial charge on any atom is 0.276 e. The SMILES string of the molecule is O=C(c1cc(-c2cccs2)on1)N1CCS[C@H](c2ccccc2)CC1. The molecule has 1 saturated heterocycles. The Kier molecular flexibility index (Phi) is 4.90. The van der Waals surface area contributed by atoms with E-state index in [-0.39, 0.29) is 5.91 Å². The first-order valence-corrected chi connectivity index (χ1v) is 10.2. The van der Waals surface area contributed by atoms with Crippen LogP contribution in [0, 0.1) is 0 Å². The number of nitrogens with zero attached hydrogens (tertiary/aromatic N) is 2. The molecular weight excluding hydrogens is 352 g/mol. The second kappa shape index (κ2) is 7.45. The van der Waals surface area contributed by atoms with Gasteiger partial charge in [0.25, 0.3) is 5.91 Å². The van der Waals surface area contributed by atoms with Gasteiger partial charge in [0.2, 0.25) is 0 Å². The number of carbonyl (C=O) groups is 1. The van der Waals surface area contributed by atoms with Gasteiger partial charge in [0, 0.05) is 30.2 Å². The molecule has 0 saturated carbocycles. The largest absolute Gasteiger partial charge is 0.355 e. The van der Waals surface area contributed by atoms with E-state index in [1.807, 2.05) is 40.2 Å². The summed E-state index contributed by atoms with van der Waals surface area (Å²) < 4.78 is 5.35. The Labute approximate surface area is 154 Å². The fraction of sp³-hybridized carbons (Fsp3) is 0.263. The van der Waals surface area contributed by atoms with Gasteiger partial charge in [-0.3, -0.25) is 4.79 Å². The Morgan fingerprint density at radius 1 is 1.16 bits per heavy atom. The molecule has 1 aliphatic rings. The van der Waals surface area contributed by atoms with Crippen LogP contribution in [0.15, 0.2) is 58.4 Å². The molecule has 25 heavy (non-hydrogen) atoms. The Balaban J connectivity index is 1.44. The molecule has 1 aromatic carbocycles. The third-order valence-electron chi connectivity index (χ3n) is 4.29. The van der Waals surface area contributed by atoms with Gasteiger partial charge in [-0.2, -0.15) is 11.8 Å². The van der Waals surface area contributed by atoms with Crippen molar-refractivity contribution >= 4 is 29.0 Å². The standard InChI is InChI=1S/C19H18N2O2S2/c22-19(15-13-16(23-20-15)18-7-4-11-24-18)21-9-8-17(25-12-10-21)14-5-2-1-3-6-14/h1-7,11,13,17H,8-10,12H2/t17-/m0/s1. The third-order valence-corrected chi connectivity index (χ3v) is 6.51. The topological polar surface area (TPSA) is 46.3 Å². The van der Waals surface area contributed by atoms with Crippen molar-refractivity contribution < 1.29 is 9.32 Å². The van der Waals surface area contributed by atoms with Gasteiger partial charge >= 0.3 is 0 Å². The highest BCUT2D eigenvalue weighted by molar-refractivity contribution is 7.99. The molecule has 1 atom stereocenters. The maximum absolute atomic E-state index is 12.8. The third kappa shape index (κ3) is 3.65. The molecule has 6 heteroatoms. The Hall–Kier alpha value is -2.05. The van der Waals surface area contributed by atoms with Crippen LogP contribution in [-0.4, -0.2) is 34.8 Å². The zero-order chi connectivity index (χ0) is 17.1. The molecule has 2 aromatic heterocycles. The van der Waals surface area contributed by atoms with Gasteiger partial charge < -0.3 is 9.42 Å². The van der Waals surface area contributed by atoms with E-state index in [0.717, 1.165) is 30.1 Å². The van der Waals surface area contributed by atoms with Crippen LogP contribution in [-0.2, 0) is 0 Å². The average molecular weight is 370 g/mol. The van der Waals surface area contributed by atoms with Gasteiger partial charge in [0.05, 0.1) is 4.88 Å². The van der Waals surface area contributed by atoms with Gasteiger partial charge in [-0.1, -0.05) is 41.6 Å². The first kappa shape index (κ1) is 16.4. The van der Waals surface area contributed by atoms with Gasteiger partial charge in [-0.05, 0) is 23.4 Å². The number of benzene rings is 1. The van der Waals surface area contributed by atoms with Crippen molar-refractivity contribution in [3.63, 3.8) is 0 Å². The second-order valence-corrected chi connectivity index (χ2v) is 8.16. The highest BCUT2D eigenvalue weighted by Gasteiger charge is 2.25. The fourth-order valence-corrected chi connectivity index (χ4v) is 4.89. The van der Waals surface area contributed by atoms with Crippen molar-refractivity contribution in [3.05, 3.63) is 65.2 Å². The minimum atomic E-state index is -0.0409. The number of thiophene rings is 1. The highest BCUT2D eigenvalue weighted by atomic mass is 32.2. The molecule has 0 unspecified atom stereocenters. The monoisotopic (exact) mass is 370 g/mol. The van der Waals surface area contributed by atoms with Crippen molar-refractivity contribution in [1.29, 1.82) is 0 Å². The molecule has 1 amide bonds. The first-order chi connectivity index (χ1) is 12.3. The molecule has 0 N–H and O–H groups in total. The number of aromatic nitrogens is 1. The minimum Gasteiger partial charge on any atom is -0.355 e. The minimum absolute atomic E-state index is 0.0409. The summed E-state index contributed by atoms with van der Waals surface area (Å²) in [6.07, 6.45) is 0.954. The lowest BCUT2D eigenvalue weighted by molar-refractivity contribution is 0.0756. The molecule has 3 aromatic rings. The molecule has 0 spiro atoms. The Bertz CT molecular complexity index is 830. The highest BCUT2D eigenvalue weighted by Crippen LogP contribution is 2.34. The summed E-state index contributed by atoms with van der Waals surface area (Å²) in [7, 11) is 0. The normalized spacial score (nSPS) is 18.1. The Morgan fingerprint density at radius 3 is 2.84 bits per heavy atom. The van der Waals surface area contributed by atoms with Crippen LogP contribution in [0.4, 0.5) is 0 Å². The lowest BCUT2D eigenvalue weighted by Gasteiger charge is -2.18. The number of hydrogen-bond donors (Lipinski definition) is 0. The molecular formula is C19H18N2O2S2. The maximum atomic E-state index is 12.8. The smallest absolute Gasteiger partial charge is 0.276 e. The number of rotatable bonds is 3. The molecule has 4 rings (SSSR count). The van der Waals surface area contributed by atoms with Crippen LogP contribution in [0.1, 0.15) is 27.7 Å². The van der Waals surface area contributed by atoms with E-state index in [4.69, 9.17) is 4.52 Å². The van der Waals surface area contributed by atoms with Crippen LogP contribution >= 0.6 is 23.1 Å². The number of thioether (sulfide) groups is 1. The zero-order valence-electron chi connectivity index (χ0n) is 13.6. The summed E-state index contributed by atoms with van der Waals surface area (Å²) >= 11 is 3.50. The number of carbonyl (C=O) groups excluding carboxylic acids is 1. The van der Waals surface area contributed by atoms with E-state index < -0.39 is 0 Å². The predicted molar refractivity (Wildman–Crippen MR) is 102 cm³/mol. The molecule has 128 valence electrons. The number of hydrogen-bond acceptors (Lipinski definition) is 5. The van der Waals surface area contributed by atoms with Crippen LogP contribution in [0.3, 0.4) is 0 Å². The van der Waals surface area contributed by atoms with Gasteiger partial charge in [-0.15, -0.1) is 11.3 Å². The lowest BCUT2D eigenvalue weighted by Crippen LogP contribution is -2.33. The molecule has 1 fully saturated rings. The van der Waals surface area contributed by atoms with Crippen LogP contribution in [0.5, 0.6) is 0 Å². The van der Waals surface area contributed by atoms with Crippen LogP contribution in [0.25, 0.3) is 10.6 Å². The van der Waals surface area contributed by atoms with E-state index in [0.29, 0.717) is 16.7 Å². The zero-order valence-corrected chi connectivity index (χ0v) is 15.3. The predicted octanol–water partition coefficient (Wildman–Crippen LogP) is 4.72. The molecule has 0 radical (unpaired) electrons. The molecule has 1 aliphatic heterocycles. The average Bonchev–Trinajstić information content (AvgIpc) is 3.29. The molecule has 3 heterocycles. The second-order valence-electron chi connectivity index (χ2n) is 5.90. The lowest BCUT2D eigenvalue weighted by atomic mass is 10.1. The van der Waals surface area contributed by atoms with Gasteiger partial charge in [0.15, 0.2) is 11.5 Å². The summed E-state index contributed by atoms with van der Waals surface area (Å²) in [6, 6.07) is 16.2. The van der Waals surface area contributed by atoms with E-state index in [2.05, 4.69) is 29.4 Å². The molecule has 0 aliphatic carbocycles. The summed E-state index contributed by atoms with van der Waals surface area (Å²) in [5, 5.41) is 6.41. The molecule has 0 bridgehead atoms. The summed E-state index contributed by atoms with van der Waals surface area (Å²) in [4.78, 5) is 15.7. The van der Waals surface area contributed by atoms with E-state index >= 15 is 0 Å². The van der Waals surface area contributed by atoms with Gasteiger partial charge in [-0.25, -0.2) is 0 Å². The van der Waals surface area contributed by atoms with Gasteiger partial charge in [0.1, 0.15) is 0 Å². The number of amides is 1. The van der Waals surface area contributed by atoms with Crippen molar-refractivity contribution in [2.75, 3.05) is 18.8 Å². The quantitative estimate of drug-likeness (QED) is 0.669. The van der Waals surface area contributed by atoms with E-state index in [9.17, 15) is 4.79 Å². The van der Waals surface area contributed by atoms with E-state index in [1.165, 1.54) is 5.56 Å². The van der Waals surface area contributed by atoms with E-state index in [1.54, 1.807) is 17.4 Å². The van der Waals surface area contributed by atoms with Crippen molar-refractivity contribution in [3.8, 4) is 10.6 Å². The summed E-state index contributed by atoms with van der Waals surface area (Å²) in [5.74, 6) is 1.55.